The number of urea groups is 1. The zero-order valence-electron chi connectivity index (χ0n) is 12.9. The number of nitro benzene ring substituents is 1. The number of anilines is 2. The molecule has 3 rings (SSSR count). The van der Waals surface area contributed by atoms with E-state index in [4.69, 9.17) is 0 Å². The molecule has 8 nitrogen and oxygen atoms in total. The van der Waals surface area contributed by atoms with E-state index in [2.05, 4.69) is 20.6 Å². The Kier molecular flexibility index (Phi) is 4.61. The molecule has 8 heteroatoms. The minimum atomic E-state index is -0.461. The highest BCUT2D eigenvalue weighted by atomic mass is 16.6. The predicted octanol–water partition coefficient (Wildman–Crippen LogP) is 3.70. The van der Waals surface area contributed by atoms with Gasteiger partial charge < -0.3 is 5.32 Å². The Balaban J connectivity index is 1.76. The highest BCUT2D eigenvalue weighted by molar-refractivity contribution is 5.99. The highest BCUT2D eigenvalue weighted by Crippen LogP contribution is 2.26. The average molecular weight is 335 g/mol. The van der Waals surface area contributed by atoms with Crippen LogP contribution in [-0.2, 0) is 0 Å². The van der Waals surface area contributed by atoms with Crippen molar-refractivity contribution >= 4 is 23.2 Å². The minimum absolute atomic E-state index is 0.0104. The standard InChI is InChI=1S/C17H13N5O3/c23-17(21-16-11-18-7-8-19-16)20-14-5-1-3-12(9-14)13-4-2-6-15(10-13)22(24)25/h1-11H,(H2,19,20,21,23). The fraction of sp³-hybridized carbons (Fsp3) is 0. The number of amides is 2. The second-order valence-corrected chi connectivity index (χ2v) is 5.06. The molecule has 2 amide bonds. The molecule has 1 aromatic heterocycles. The van der Waals surface area contributed by atoms with E-state index in [0.717, 1.165) is 5.56 Å². The Morgan fingerprint density at radius 3 is 2.48 bits per heavy atom. The number of rotatable bonds is 4. The molecule has 1 heterocycles. The molecule has 2 N–H and O–H groups in total. The van der Waals surface area contributed by atoms with E-state index < -0.39 is 11.0 Å². The van der Waals surface area contributed by atoms with Crippen molar-refractivity contribution in [2.45, 2.75) is 0 Å². The van der Waals surface area contributed by atoms with Crippen LogP contribution in [0.4, 0.5) is 22.0 Å². The number of hydrogen-bond acceptors (Lipinski definition) is 5. The smallest absolute Gasteiger partial charge is 0.308 e. The number of benzene rings is 2. The molecule has 0 saturated carbocycles. The van der Waals surface area contributed by atoms with Crippen molar-refractivity contribution in [3.05, 3.63) is 77.2 Å². The van der Waals surface area contributed by atoms with Crippen LogP contribution >= 0.6 is 0 Å². The Labute approximate surface area is 142 Å². The second kappa shape index (κ2) is 7.18. The van der Waals surface area contributed by atoms with E-state index in [1.165, 1.54) is 30.7 Å². The molecule has 0 bridgehead atoms. The van der Waals surface area contributed by atoms with Crippen LogP contribution in [0.25, 0.3) is 11.1 Å². The van der Waals surface area contributed by atoms with Crippen LogP contribution in [0.5, 0.6) is 0 Å². The van der Waals surface area contributed by atoms with Crippen LogP contribution in [0.3, 0.4) is 0 Å². The molecule has 0 radical (unpaired) electrons. The summed E-state index contributed by atoms with van der Waals surface area (Å²) in [7, 11) is 0. The van der Waals surface area contributed by atoms with E-state index >= 15 is 0 Å². The van der Waals surface area contributed by atoms with Gasteiger partial charge in [-0.1, -0.05) is 24.3 Å². The lowest BCUT2D eigenvalue weighted by Crippen LogP contribution is -2.20. The van der Waals surface area contributed by atoms with Gasteiger partial charge in [-0.3, -0.25) is 20.4 Å². The van der Waals surface area contributed by atoms with Crippen molar-refractivity contribution in [3.63, 3.8) is 0 Å². The maximum absolute atomic E-state index is 12.0. The summed E-state index contributed by atoms with van der Waals surface area (Å²) in [5.41, 5.74) is 2.00. The van der Waals surface area contributed by atoms with Crippen LogP contribution in [0.15, 0.2) is 67.1 Å². The quantitative estimate of drug-likeness (QED) is 0.558. The number of nitrogens with zero attached hydrogens (tertiary/aromatic N) is 3. The summed E-state index contributed by atoms with van der Waals surface area (Å²) in [6.07, 6.45) is 4.41. The van der Waals surface area contributed by atoms with Crippen LogP contribution in [0.1, 0.15) is 0 Å². The fourth-order valence-electron chi connectivity index (χ4n) is 2.22. The molecule has 0 aliphatic rings. The number of carbonyl (C=O) groups excluding carboxylic acids is 1. The van der Waals surface area contributed by atoms with Crippen LogP contribution < -0.4 is 10.6 Å². The molecule has 0 saturated heterocycles. The van der Waals surface area contributed by atoms with E-state index in [0.29, 0.717) is 17.1 Å². The Bertz CT molecular complexity index is 915. The van der Waals surface area contributed by atoms with Crippen molar-refractivity contribution in [3.8, 4) is 11.1 Å². The molecule has 0 spiro atoms. The van der Waals surface area contributed by atoms with Crippen LogP contribution in [-0.4, -0.2) is 20.9 Å². The molecule has 0 fully saturated rings. The summed E-state index contributed by atoms with van der Waals surface area (Å²) < 4.78 is 0. The number of nitro groups is 1. The van der Waals surface area contributed by atoms with Crippen LogP contribution in [0.2, 0.25) is 0 Å². The summed E-state index contributed by atoms with van der Waals surface area (Å²) in [6, 6.07) is 12.9. The third-order valence-corrected chi connectivity index (χ3v) is 3.32. The maximum atomic E-state index is 12.0. The number of non-ortho nitro benzene ring substituents is 1. The summed E-state index contributed by atoms with van der Waals surface area (Å²) >= 11 is 0. The first-order valence-electron chi connectivity index (χ1n) is 7.31. The van der Waals surface area contributed by atoms with Crippen molar-refractivity contribution in [2.24, 2.45) is 0 Å². The number of aromatic nitrogens is 2. The van der Waals surface area contributed by atoms with E-state index in [1.807, 2.05) is 6.07 Å². The first-order valence-corrected chi connectivity index (χ1v) is 7.31. The Morgan fingerprint density at radius 2 is 1.76 bits per heavy atom. The topological polar surface area (TPSA) is 110 Å². The Hall–Kier alpha value is -3.81. The molecule has 0 unspecified atom stereocenters. The lowest BCUT2D eigenvalue weighted by atomic mass is 10.0. The molecule has 0 aliphatic carbocycles. The van der Waals surface area contributed by atoms with Crippen molar-refractivity contribution in [2.75, 3.05) is 10.6 Å². The van der Waals surface area contributed by atoms with Gasteiger partial charge in [0.2, 0.25) is 0 Å². The van der Waals surface area contributed by atoms with Gasteiger partial charge in [-0.05, 0) is 23.3 Å². The molecule has 124 valence electrons. The number of nitrogens with one attached hydrogen (secondary N) is 2. The van der Waals surface area contributed by atoms with Crippen molar-refractivity contribution < 1.29 is 9.72 Å². The van der Waals surface area contributed by atoms with Crippen molar-refractivity contribution in [1.82, 2.24) is 9.97 Å². The van der Waals surface area contributed by atoms with Gasteiger partial charge in [-0.15, -0.1) is 0 Å². The molecule has 0 atom stereocenters. The van der Waals surface area contributed by atoms with E-state index in [1.54, 1.807) is 30.3 Å². The summed E-state index contributed by atoms with van der Waals surface area (Å²) in [5.74, 6) is 0.329. The molecule has 25 heavy (non-hydrogen) atoms. The molecule has 2 aromatic carbocycles. The Morgan fingerprint density at radius 1 is 1.00 bits per heavy atom. The predicted molar refractivity (Wildman–Crippen MR) is 93.2 cm³/mol. The van der Waals surface area contributed by atoms with Gasteiger partial charge in [0.25, 0.3) is 5.69 Å². The number of carbonyl (C=O) groups is 1. The SMILES string of the molecule is O=C(Nc1cccc(-c2cccc([N+](=O)[O-])c2)c1)Nc1cnccn1. The van der Waals surface area contributed by atoms with Gasteiger partial charge in [0.1, 0.15) is 0 Å². The zero-order chi connectivity index (χ0) is 17.6. The molecular formula is C17H13N5O3. The zero-order valence-corrected chi connectivity index (χ0v) is 12.9. The van der Waals surface area contributed by atoms with Crippen LogP contribution in [0, 0.1) is 10.1 Å². The largest absolute Gasteiger partial charge is 0.324 e. The van der Waals surface area contributed by atoms with Crippen molar-refractivity contribution in [1.29, 1.82) is 0 Å². The van der Waals surface area contributed by atoms with Gasteiger partial charge in [0.05, 0.1) is 11.1 Å². The maximum Gasteiger partial charge on any atom is 0.324 e. The molecule has 3 aromatic rings. The third kappa shape index (κ3) is 4.14. The van der Waals surface area contributed by atoms with E-state index in [-0.39, 0.29) is 5.69 Å². The van der Waals surface area contributed by atoms with Gasteiger partial charge in [0, 0.05) is 30.2 Å². The third-order valence-electron chi connectivity index (χ3n) is 3.32. The molecule has 0 aliphatic heterocycles. The first kappa shape index (κ1) is 16.1. The van der Waals surface area contributed by atoms with Gasteiger partial charge in [0.15, 0.2) is 5.82 Å². The van der Waals surface area contributed by atoms with E-state index in [9.17, 15) is 14.9 Å². The lowest BCUT2D eigenvalue weighted by Gasteiger charge is -2.08. The molecular weight excluding hydrogens is 322 g/mol. The minimum Gasteiger partial charge on any atom is -0.308 e. The van der Waals surface area contributed by atoms with Gasteiger partial charge in [-0.25, -0.2) is 9.78 Å². The lowest BCUT2D eigenvalue weighted by molar-refractivity contribution is -0.384. The first-order chi connectivity index (χ1) is 12.1. The summed E-state index contributed by atoms with van der Waals surface area (Å²) in [4.78, 5) is 30.3. The van der Waals surface area contributed by atoms with Gasteiger partial charge >= 0.3 is 6.03 Å². The normalized spacial score (nSPS) is 10.1. The van der Waals surface area contributed by atoms with Gasteiger partial charge in [-0.2, -0.15) is 0 Å². The summed E-state index contributed by atoms with van der Waals surface area (Å²) in [6.45, 7) is 0. The second-order valence-electron chi connectivity index (χ2n) is 5.06. The fourth-order valence-corrected chi connectivity index (χ4v) is 2.22. The summed E-state index contributed by atoms with van der Waals surface area (Å²) in [5, 5.41) is 16.1. The average Bonchev–Trinajstić information content (AvgIpc) is 2.63. The highest BCUT2D eigenvalue weighted by Gasteiger charge is 2.08. The number of hydrogen-bond donors (Lipinski definition) is 2. The monoisotopic (exact) mass is 335 g/mol.